The number of aromatic hydroxyl groups is 1. The molecule has 0 saturated carbocycles. The lowest BCUT2D eigenvalue weighted by atomic mass is 9.98. The van der Waals surface area contributed by atoms with E-state index >= 15 is 0 Å². The van der Waals surface area contributed by atoms with Gasteiger partial charge >= 0.3 is 5.97 Å². The Hall–Kier alpha value is -5.16. The largest absolute Gasteiger partial charge is 0.508 e. The average molecular weight is 628 g/mol. The third-order valence-corrected chi connectivity index (χ3v) is 8.20. The molecule has 1 aromatic heterocycles. The van der Waals surface area contributed by atoms with Crippen LogP contribution >= 0.6 is 0 Å². The van der Waals surface area contributed by atoms with E-state index in [9.17, 15) is 29.4 Å². The number of fused-ring (bicyclic) bond motifs is 1. The maximum Gasteiger partial charge on any atom is 0.326 e. The Balaban J connectivity index is 1.62. The zero-order valence-corrected chi connectivity index (χ0v) is 25.9. The summed E-state index contributed by atoms with van der Waals surface area (Å²) in [6, 6.07) is 18.2. The predicted octanol–water partition coefficient (Wildman–Crippen LogP) is 2.81. The highest BCUT2D eigenvalue weighted by Crippen LogP contribution is 2.20. The van der Waals surface area contributed by atoms with E-state index in [1.165, 1.54) is 12.1 Å². The Bertz CT molecular complexity index is 1640. The summed E-state index contributed by atoms with van der Waals surface area (Å²) >= 11 is 0. The molecule has 0 unspecified atom stereocenters. The van der Waals surface area contributed by atoms with Crippen LogP contribution in [0.2, 0.25) is 0 Å². The van der Waals surface area contributed by atoms with E-state index in [0.717, 1.165) is 22.0 Å². The molecule has 5 atom stereocenters. The number of para-hydroxylation sites is 1. The highest BCUT2D eigenvalue weighted by molar-refractivity contribution is 5.95. The van der Waals surface area contributed by atoms with Gasteiger partial charge in [-0.3, -0.25) is 14.4 Å². The number of hydrogen-bond acceptors (Lipinski definition) is 6. The zero-order valence-electron chi connectivity index (χ0n) is 25.9. The fourth-order valence-corrected chi connectivity index (χ4v) is 5.18. The number of benzene rings is 3. The van der Waals surface area contributed by atoms with Crippen molar-refractivity contribution in [1.29, 1.82) is 0 Å². The maximum absolute atomic E-state index is 13.9. The SMILES string of the molecule is CC[C@H](C)[C@H](N)C(=O)N[C@@H](Cc1ccc(O)cc1)C(=O)N[C@@H](Cc1c[nH]c2ccccc12)C(=O)N[C@@H](Cc1ccccc1)C(=O)O. The number of rotatable bonds is 15. The van der Waals surface area contributed by atoms with Crippen LogP contribution in [0.3, 0.4) is 0 Å². The van der Waals surface area contributed by atoms with Gasteiger partial charge in [-0.25, -0.2) is 4.79 Å². The fraction of sp³-hybridized carbons (Fsp3) is 0.314. The monoisotopic (exact) mass is 627 g/mol. The third-order valence-electron chi connectivity index (χ3n) is 8.20. The first-order chi connectivity index (χ1) is 22.0. The second-order valence-corrected chi connectivity index (χ2v) is 11.6. The van der Waals surface area contributed by atoms with Crippen molar-refractivity contribution in [3.05, 3.63) is 102 Å². The molecule has 0 spiro atoms. The number of H-pyrrole nitrogens is 1. The Labute approximate surface area is 267 Å². The number of aromatic nitrogens is 1. The van der Waals surface area contributed by atoms with Gasteiger partial charge in [-0.1, -0.05) is 80.9 Å². The minimum atomic E-state index is -1.25. The topological polar surface area (TPSA) is 187 Å². The van der Waals surface area contributed by atoms with Crippen molar-refractivity contribution < 1.29 is 29.4 Å². The summed E-state index contributed by atoms with van der Waals surface area (Å²) in [5.74, 6) is -3.16. The van der Waals surface area contributed by atoms with Crippen LogP contribution in [0, 0.1) is 5.92 Å². The molecule has 0 radical (unpaired) electrons. The minimum absolute atomic E-state index is 0.0443. The van der Waals surface area contributed by atoms with Crippen molar-refractivity contribution in [1.82, 2.24) is 20.9 Å². The molecule has 0 saturated heterocycles. The van der Waals surface area contributed by atoms with Gasteiger partial charge in [0.1, 0.15) is 23.9 Å². The van der Waals surface area contributed by atoms with Crippen LogP contribution in [0.1, 0.15) is 37.0 Å². The number of carboxylic acid groups (broad SMARTS) is 1. The van der Waals surface area contributed by atoms with E-state index in [2.05, 4.69) is 20.9 Å². The molecule has 0 bridgehead atoms. The van der Waals surface area contributed by atoms with Gasteiger partial charge in [-0.2, -0.15) is 0 Å². The molecular formula is C35H41N5O6. The number of carbonyl (C=O) groups is 4. The molecule has 3 amide bonds. The van der Waals surface area contributed by atoms with Crippen LogP contribution in [0.25, 0.3) is 10.9 Å². The number of hydrogen-bond donors (Lipinski definition) is 7. The van der Waals surface area contributed by atoms with Crippen molar-refractivity contribution in [3.63, 3.8) is 0 Å². The molecule has 11 nitrogen and oxygen atoms in total. The number of carbonyl (C=O) groups excluding carboxylic acids is 3. The maximum atomic E-state index is 13.9. The van der Waals surface area contributed by atoms with Crippen LogP contribution in [0.15, 0.2) is 85.1 Å². The highest BCUT2D eigenvalue weighted by atomic mass is 16.4. The summed E-state index contributed by atoms with van der Waals surface area (Å²) in [5.41, 5.74) is 9.13. The molecule has 11 heteroatoms. The van der Waals surface area contributed by atoms with E-state index in [4.69, 9.17) is 5.73 Å². The number of nitrogens with one attached hydrogen (secondary N) is 4. The molecule has 46 heavy (non-hydrogen) atoms. The number of nitrogens with two attached hydrogens (primary N) is 1. The molecule has 4 rings (SSSR count). The van der Waals surface area contributed by atoms with Gasteiger partial charge in [0.05, 0.1) is 6.04 Å². The first kappa shape index (κ1) is 33.7. The molecule has 1 heterocycles. The number of amides is 3. The smallest absolute Gasteiger partial charge is 0.326 e. The van der Waals surface area contributed by atoms with Crippen molar-refractivity contribution in [2.75, 3.05) is 0 Å². The fourth-order valence-electron chi connectivity index (χ4n) is 5.18. The highest BCUT2D eigenvalue weighted by Gasteiger charge is 2.32. The molecule has 0 fully saturated rings. The zero-order chi connectivity index (χ0) is 33.2. The van der Waals surface area contributed by atoms with Crippen molar-refractivity contribution >= 4 is 34.6 Å². The summed E-state index contributed by atoms with van der Waals surface area (Å²) in [5, 5.41) is 28.7. The van der Waals surface area contributed by atoms with Crippen LogP contribution < -0.4 is 21.7 Å². The minimum Gasteiger partial charge on any atom is -0.508 e. The number of aliphatic carboxylic acids is 1. The van der Waals surface area contributed by atoms with Gasteiger partial charge in [0.2, 0.25) is 17.7 Å². The summed E-state index contributed by atoms with van der Waals surface area (Å²) in [6.45, 7) is 3.75. The van der Waals surface area contributed by atoms with E-state index in [1.807, 2.05) is 44.2 Å². The lowest BCUT2D eigenvalue weighted by Gasteiger charge is -2.26. The van der Waals surface area contributed by atoms with Crippen molar-refractivity contribution in [3.8, 4) is 5.75 Å². The Morgan fingerprint density at radius 2 is 1.28 bits per heavy atom. The van der Waals surface area contributed by atoms with Crippen molar-refractivity contribution in [2.45, 2.75) is 63.7 Å². The second-order valence-electron chi connectivity index (χ2n) is 11.6. The van der Waals surface area contributed by atoms with Gasteiger partial charge in [0.25, 0.3) is 0 Å². The molecule has 0 aliphatic rings. The molecule has 242 valence electrons. The standard InChI is InChI=1S/C35H41N5O6/c1-3-21(2)31(36)34(44)39-28(17-23-13-15-25(41)16-14-23)32(42)38-29(19-24-20-37-27-12-8-7-11-26(24)27)33(43)40-30(35(45)46)18-22-9-5-4-6-10-22/h4-16,20-21,28-31,37,41H,3,17-19,36H2,1-2H3,(H,38,42)(H,39,44)(H,40,43)(H,45,46)/t21-,28-,29-,30-,31-/m0/s1. The Kier molecular flexibility index (Phi) is 11.5. The first-order valence-electron chi connectivity index (χ1n) is 15.3. The normalized spacial score (nSPS) is 14.4. The van der Waals surface area contributed by atoms with Gasteiger partial charge < -0.3 is 36.9 Å². The van der Waals surface area contributed by atoms with E-state index in [-0.39, 0.29) is 30.9 Å². The molecule has 4 aromatic rings. The van der Waals surface area contributed by atoms with E-state index in [0.29, 0.717) is 12.0 Å². The van der Waals surface area contributed by atoms with Gasteiger partial charge in [0, 0.05) is 36.4 Å². The van der Waals surface area contributed by atoms with Crippen molar-refractivity contribution in [2.24, 2.45) is 11.7 Å². The Morgan fingerprint density at radius 1 is 0.739 bits per heavy atom. The molecule has 0 aliphatic heterocycles. The number of phenols is 1. The molecule has 8 N–H and O–H groups in total. The van der Waals surface area contributed by atoms with Crippen LogP contribution in [0.4, 0.5) is 0 Å². The lowest BCUT2D eigenvalue weighted by molar-refractivity contribution is -0.142. The van der Waals surface area contributed by atoms with E-state index < -0.39 is 47.9 Å². The predicted molar refractivity (Wildman–Crippen MR) is 175 cm³/mol. The first-order valence-corrected chi connectivity index (χ1v) is 15.3. The van der Waals surface area contributed by atoms with Crippen LogP contribution in [-0.4, -0.2) is 63.1 Å². The molecule has 3 aromatic carbocycles. The summed E-state index contributed by atoms with van der Waals surface area (Å²) < 4.78 is 0. The molecule has 0 aliphatic carbocycles. The van der Waals surface area contributed by atoms with Gasteiger partial charge in [-0.15, -0.1) is 0 Å². The summed E-state index contributed by atoms with van der Waals surface area (Å²) in [4.78, 5) is 56.2. The quantitative estimate of drug-likeness (QED) is 0.106. The lowest BCUT2D eigenvalue weighted by Crippen LogP contribution is -2.58. The molecular weight excluding hydrogens is 586 g/mol. The second kappa shape index (κ2) is 15.7. The van der Waals surface area contributed by atoms with Gasteiger partial charge in [0.15, 0.2) is 0 Å². The number of phenolic OH excluding ortho intramolecular Hbond substituents is 1. The Morgan fingerprint density at radius 3 is 1.93 bits per heavy atom. The van der Waals surface area contributed by atoms with E-state index in [1.54, 1.807) is 42.6 Å². The van der Waals surface area contributed by atoms with Crippen LogP contribution in [-0.2, 0) is 38.4 Å². The summed E-state index contributed by atoms with van der Waals surface area (Å²) in [7, 11) is 0. The summed E-state index contributed by atoms with van der Waals surface area (Å²) in [6.07, 6.45) is 2.55. The number of aromatic amines is 1. The average Bonchev–Trinajstić information content (AvgIpc) is 3.46. The van der Waals surface area contributed by atoms with Crippen LogP contribution in [0.5, 0.6) is 5.75 Å². The van der Waals surface area contributed by atoms with Gasteiger partial charge in [-0.05, 0) is 40.8 Å². The number of carboxylic acids is 1. The third kappa shape index (κ3) is 8.95.